The van der Waals surface area contributed by atoms with Gasteiger partial charge in [-0.3, -0.25) is 4.99 Å². The number of unbranched alkanes of at least 4 members (excludes halogenated alkanes) is 1. The molecule has 1 heterocycles. The van der Waals surface area contributed by atoms with E-state index in [0.717, 1.165) is 49.6 Å². The minimum absolute atomic E-state index is 0.485. The molecule has 0 aliphatic carbocycles. The Balaban J connectivity index is 2.51. The largest absolute Gasteiger partial charge is 0.359 e. The summed E-state index contributed by atoms with van der Waals surface area (Å²) in [5, 5.41) is 7.50. The Labute approximate surface area is 134 Å². The van der Waals surface area contributed by atoms with Crippen LogP contribution in [0.1, 0.15) is 56.9 Å². The highest BCUT2D eigenvalue weighted by atomic mass is 16.5. The van der Waals surface area contributed by atoms with Crippen LogP contribution in [0.5, 0.6) is 0 Å². The summed E-state index contributed by atoms with van der Waals surface area (Å²) in [4.78, 5) is 6.41. The fraction of sp³-hybridized carbons (Fsp3) is 0.647. The molecule has 1 N–H and O–H groups in total. The van der Waals surface area contributed by atoms with Crippen LogP contribution in [0.4, 0.5) is 0 Å². The van der Waals surface area contributed by atoms with Crippen LogP contribution in [-0.2, 0) is 6.54 Å². The van der Waals surface area contributed by atoms with Crippen LogP contribution in [0.15, 0.2) is 28.2 Å². The molecule has 0 radical (unpaired) electrons. The second-order valence-corrected chi connectivity index (χ2v) is 5.48. The van der Waals surface area contributed by atoms with Crippen LogP contribution in [0, 0.1) is 0 Å². The van der Waals surface area contributed by atoms with Crippen LogP contribution >= 0.6 is 0 Å². The van der Waals surface area contributed by atoms with Gasteiger partial charge in [-0.15, -0.1) is 6.58 Å². The molecular weight excluding hydrogens is 276 g/mol. The minimum Gasteiger partial charge on any atom is -0.359 e. The van der Waals surface area contributed by atoms with E-state index in [1.165, 1.54) is 0 Å². The summed E-state index contributed by atoms with van der Waals surface area (Å²) in [6.07, 6.45) is 6.20. The first-order chi connectivity index (χ1) is 10.7. The number of aliphatic imine (C=N–C) groups is 1. The molecule has 0 bridgehead atoms. The van der Waals surface area contributed by atoms with Crippen molar-refractivity contribution in [2.75, 3.05) is 20.6 Å². The highest BCUT2D eigenvalue weighted by Gasteiger charge is 2.13. The molecule has 124 valence electrons. The SMILES string of the molecule is C=CCCCN(C)C(=NC)NCc1cc(C(CC)CC)no1. The summed E-state index contributed by atoms with van der Waals surface area (Å²) in [6, 6.07) is 2.05. The molecule has 0 saturated heterocycles. The molecule has 0 saturated carbocycles. The number of nitrogens with zero attached hydrogens (tertiary/aromatic N) is 3. The standard InChI is InChI=1S/C17H30N4O/c1-6-9-10-11-21(5)17(18-4)19-13-15-12-16(20-22-15)14(7-2)8-3/h6,12,14H,1,7-11,13H2,2-5H3,(H,18,19). The average Bonchev–Trinajstić information content (AvgIpc) is 2.98. The van der Waals surface area contributed by atoms with Gasteiger partial charge in [0.15, 0.2) is 11.7 Å². The zero-order valence-corrected chi connectivity index (χ0v) is 14.4. The van der Waals surface area contributed by atoms with Gasteiger partial charge >= 0.3 is 0 Å². The van der Waals surface area contributed by atoms with Gasteiger partial charge in [-0.25, -0.2) is 0 Å². The van der Waals surface area contributed by atoms with Gasteiger partial charge in [0.1, 0.15) is 0 Å². The quantitative estimate of drug-likeness (QED) is 0.328. The van der Waals surface area contributed by atoms with Crippen LogP contribution < -0.4 is 5.32 Å². The molecule has 1 aromatic heterocycles. The molecule has 0 fully saturated rings. The summed E-state index contributed by atoms with van der Waals surface area (Å²) in [5.41, 5.74) is 1.05. The molecule has 5 nitrogen and oxygen atoms in total. The Hall–Kier alpha value is -1.78. The Kier molecular flexibility index (Phi) is 8.33. The molecule has 0 unspecified atom stereocenters. The maximum atomic E-state index is 5.42. The van der Waals surface area contributed by atoms with Crippen molar-refractivity contribution in [3.8, 4) is 0 Å². The van der Waals surface area contributed by atoms with Crippen molar-refractivity contribution in [3.63, 3.8) is 0 Å². The molecule has 0 aromatic carbocycles. The number of rotatable bonds is 9. The van der Waals surface area contributed by atoms with Gasteiger partial charge in [0.25, 0.3) is 0 Å². The van der Waals surface area contributed by atoms with Gasteiger partial charge in [0.2, 0.25) is 0 Å². The van der Waals surface area contributed by atoms with Crippen LogP contribution in [0.25, 0.3) is 0 Å². The number of hydrogen-bond donors (Lipinski definition) is 1. The van der Waals surface area contributed by atoms with Gasteiger partial charge < -0.3 is 14.7 Å². The minimum atomic E-state index is 0.485. The van der Waals surface area contributed by atoms with Crippen molar-refractivity contribution >= 4 is 5.96 Å². The Morgan fingerprint density at radius 2 is 2.23 bits per heavy atom. The molecule has 5 heteroatoms. The van der Waals surface area contributed by atoms with Crippen LogP contribution in [0.3, 0.4) is 0 Å². The van der Waals surface area contributed by atoms with E-state index in [2.05, 4.69) is 46.9 Å². The summed E-state index contributed by atoms with van der Waals surface area (Å²) in [5.74, 6) is 2.20. The molecule has 22 heavy (non-hydrogen) atoms. The molecule has 0 amide bonds. The molecule has 1 rings (SSSR count). The lowest BCUT2D eigenvalue weighted by molar-refractivity contribution is 0.365. The predicted octanol–water partition coefficient (Wildman–Crippen LogP) is 3.55. The number of guanidine groups is 1. The highest BCUT2D eigenvalue weighted by molar-refractivity contribution is 5.79. The van der Waals surface area contributed by atoms with E-state index < -0.39 is 0 Å². The van der Waals surface area contributed by atoms with E-state index in [-0.39, 0.29) is 0 Å². The smallest absolute Gasteiger partial charge is 0.193 e. The number of nitrogens with one attached hydrogen (secondary N) is 1. The monoisotopic (exact) mass is 306 g/mol. The third kappa shape index (κ3) is 5.54. The van der Waals surface area contributed by atoms with Crippen LogP contribution in [-0.4, -0.2) is 36.7 Å². The van der Waals surface area contributed by atoms with Gasteiger partial charge in [-0.1, -0.05) is 25.1 Å². The van der Waals surface area contributed by atoms with E-state index in [9.17, 15) is 0 Å². The van der Waals surface area contributed by atoms with Gasteiger partial charge in [-0.2, -0.15) is 0 Å². The number of hydrogen-bond acceptors (Lipinski definition) is 3. The normalized spacial score (nSPS) is 11.8. The van der Waals surface area contributed by atoms with Crippen molar-refractivity contribution in [2.45, 2.75) is 52.0 Å². The van der Waals surface area contributed by atoms with E-state index in [4.69, 9.17) is 4.52 Å². The van der Waals surface area contributed by atoms with Gasteiger partial charge in [0, 0.05) is 32.6 Å². The fourth-order valence-corrected chi connectivity index (χ4v) is 2.44. The van der Waals surface area contributed by atoms with Crippen LogP contribution in [0.2, 0.25) is 0 Å². The Bertz CT molecular complexity index is 463. The third-order valence-corrected chi connectivity index (χ3v) is 3.88. The second kappa shape index (κ2) is 10.0. The zero-order chi connectivity index (χ0) is 16.4. The molecule has 0 aliphatic heterocycles. The van der Waals surface area contributed by atoms with Gasteiger partial charge in [0.05, 0.1) is 12.2 Å². The third-order valence-electron chi connectivity index (χ3n) is 3.88. The van der Waals surface area contributed by atoms with E-state index in [1.54, 1.807) is 7.05 Å². The van der Waals surface area contributed by atoms with Crippen molar-refractivity contribution in [3.05, 3.63) is 30.2 Å². The Morgan fingerprint density at radius 3 is 2.82 bits per heavy atom. The second-order valence-electron chi connectivity index (χ2n) is 5.48. The first-order valence-corrected chi connectivity index (χ1v) is 8.14. The predicted molar refractivity (Wildman–Crippen MR) is 92.1 cm³/mol. The van der Waals surface area contributed by atoms with E-state index >= 15 is 0 Å². The summed E-state index contributed by atoms with van der Waals surface area (Å²) < 4.78 is 5.42. The first kappa shape index (κ1) is 18.3. The summed E-state index contributed by atoms with van der Waals surface area (Å²) in [6.45, 7) is 9.66. The summed E-state index contributed by atoms with van der Waals surface area (Å²) >= 11 is 0. The highest BCUT2D eigenvalue weighted by Crippen LogP contribution is 2.22. The molecule has 0 aliphatic rings. The lowest BCUT2D eigenvalue weighted by Crippen LogP contribution is -2.38. The zero-order valence-electron chi connectivity index (χ0n) is 14.4. The van der Waals surface area contributed by atoms with Crippen molar-refractivity contribution in [1.29, 1.82) is 0 Å². The fourth-order valence-electron chi connectivity index (χ4n) is 2.44. The van der Waals surface area contributed by atoms with Gasteiger partial charge in [-0.05, 0) is 25.7 Å². The van der Waals surface area contributed by atoms with E-state index in [0.29, 0.717) is 12.5 Å². The van der Waals surface area contributed by atoms with Crippen molar-refractivity contribution in [1.82, 2.24) is 15.4 Å². The molecular formula is C17H30N4O. The first-order valence-electron chi connectivity index (χ1n) is 8.14. The topological polar surface area (TPSA) is 53.7 Å². The molecule has 0 atom stereocenters. The maximum Gasteiger partial charge on any atom is 0.193 e. The van der Waals surface area contributed by atoms with Crippen molar-refractivity contribution < 1.29 is 4.52 Å². The molecule has 0 spiro atoms. The lowest BCUT2D eigenvalue weighted by Gasteiger charge is -2.21. The molecule has 1 aromatic rings. The average molecular weight is 306 g/mol. The van der Waals surface area contributed by atoms with Crippen molar-refractivity contribution in [2.24, 2.45) is 4.99 Å². The number of allylic oxidation sites excluding steroid dienone is 1. The Morgan fingerprint density at radius 1 is 1.50 bits per heavy atom. The number of aromatic nitrogens is 1. The lowest BCUT2D eigenvalue weighted by atomic mass is 9.99. The van der Waals surface area contributed by atoms with E-state index in [1.807, 2.05) is 13.1 Å². The summed E-state index contributed by atoms with van der Waals surface area (Å²) in [7, 11) is 3.83. The maximum absolute atomic E-state index is 5.42.